The first kappa shape index (κ1) is 20.2. The maximum atomic E-state index is 5.96. The average Bonchev–Trinajstić information content (AvgIpc) is 2.51. The number of hydrogen-bond donors (Lipinski definition) is 0. The van der Waals surface area contributed by atoms with Gasteiger partial charge in [0.15, 0.2) is 0 Å². The lowest BCUT2D eigenvalue weighted by Crippen LogP contribution is -2.63. The molecule has 0 aromatic carbocycles. The second-order valence-corrected chi connectivity index (χ2v) is 12.6. The van der Waals surface area contributed by atoms with Crippen LogP contribution >= 0.6 is 0 Å². The van der Waals surface area contributed by atoms with Crippen molar-refractivity contribution in [2.24, 2.45) is 0 Å². The molecule has 132 valence electrons. The van der Waals surface area contributed by atoms with Crippen molar-refractivity contribution >= 4 is 17.3 Å². The van der Waals surface area contributed by atoms with Gasteiger partial charge in [-0.05, 0) is 33.5 Å². The molecule has 0 atom stereocenters. The molecule has 8 heteroatoms. The van der Waals surface area contributed by atoms with E-state index in [9.17, 15) is 0 Å². The lowest BCUT2D eigenvalue weighted by Gasteiger charge is -2.43. The van der Waals surface area contributed by atoms with Gasteiger partial charge in [0.2, 0.25) is 0 Å². The standard InChI is InChI=1S/C14H34N2O4Si2/c1-7-19-21(6,20-8-2)13-14-22(17-4,18-5)16-11-9-15(3)10-12-16/h7-14H2,1-6H3. The molecule has 0 N–H and O–H groups in total. The van der Waals surface area contributed by atoms with Gasteiger partial charge in [-0.1, -0.05) is 0 Å². The Morgan fingerprint density at radius 1 is 0.864 bits per heavy atom. The highest BCUT2D eigenvalue weighted by Gasteiger charge is 2.47. The largest absolute Gasteiger partial charge is 0.427 e. The van der Waals surface area contributed by atoms with Gasteiger partial charge in [0.05, 0.1) is 0 Å². The molecule has 0 aliphatic carbocycles. The Morgan fingerprint density at radius 2 is 1.36 bits per heavy atom. The van der Waals surface area contributed by atoms with Gasteiger partial charge in [0, 0.05) is 59.7 Å². The van der Waals surface area contributed by atoms with E-state index in [-0.39, 0.29) is 0 Å². The zero-order chi connectivity index (χ0) is 16.6. The molecule has 1 aliphatic heterocycles. The Bertz CT molecular complexity index is 305. The molecule has 0 unspecified atom stereocenters. The molecular weight excluding hydrogens is 316 g/mol. The minimum atomic E-state index is -2.36. The Hall–Kier alpha value is 0.194. The molecule has 0 amide bonds. The fourth-order valence-corrected chi connectivity index (χ4v) is 10.00. The minimum Gasteiger partial charge on any atom is -0.395 e. The lowest BCUT2D eigenvalue weighted by atomic mass is 10.4. The Morgan fingerprint density at radius 3 is 1.77 bits per heavy atom. The number of hydrogen-bond acceptors (Lipinski definition) is 6. The first-order valence-corrected chi connectivity index (χ1v) is 12.8. The van der Waals surface area contributed by atoms with Crippen LogP contribution in [0.25, 0.3) is 0 Å². The van der Waals surface area contributed by atoms with Crippen molar-refractivity contribution in [2.45, 2.75) is 32.5 Å². The van der Waals surface area contributed by atoms with Crippen LogP contribution in [0.4, 0.5) is 0 Å². The first-order valence-electron chi connectivity index (χ1n) is 8.27. The van der Waals surface area contributed by atoms with E-state index >= 15 is 0 Å². The van der Waals surface area contributed by atoms with Crippen LogP contribution < -0.4 is 0 Å². The molecule has 0 aromatic heterocycles. The van der Waals surface area contributed by atoms with E-state index in [2.05, 4.69) is 23.1 Å². The van der Waals surface area contributed by atoms with Crippen LogP contribution in [0.5, 0.6) is 0 Å². The summed E-state index contributed by atoms with van der Waals surface area (Å²) in [4.78, 5) is 2.35. The Labute approximate surface area is 138 Å². The molecule has 0 bridgehead atoms. The van der Waals surface area contributed by atoms with E-state index in [1.165, 1.54) is 0 Å². The van der Waals surface area contributed by atoms with Crippen molar-refractivity contribution in [2.75, 3.05) is 60.7 Å². The zero-order valence-electron chi connectivity index (χ0n) is 15.2. The summed E-state index contributed by atoms with van der Waals surface area (Å²) in [6.45, 7) is 11.7. The van der Waals surface area contributed by atoms with Crippen molar-refractivity contribution in [3.8, 4) is 0 Å². The van der Waals surface area contributed by atoms with Crippen molar-refractivity contribution in [1.82, 2.24) is 9.47 Å². The van der Waals surface area contributed by atoms with E-state index in [4.69, 9.17) is 17.7 Å². The molecule has 1 fully saturated rings. The van der Waals surface area contributed by atoms with Crippen molar-refractivity contribution in [3.63, 3.8) is 0 Å². The normalized spacial score (nSPS) is 18.8. The summed E-state index contributed by atoms with van der Waals surface area (Å²) in [5.74, 6) is 0. The summed E-state index contributed by atoms with van der Waals surface area (Å²) in [5.41, 5.74) is 0. The quantitative estimate of drug-likeness (QED) is 0.558. The fourth-order valence-electron chi connectivity index (χ4n) is 3.03. The van der Waals surface area contributed by atoms with E-state index in [1.54, 1.807) is 14.2 Å². The van der Waals surface area contributed by atoms with Crippen LogP contribution in [-0.2, 0) is 17.7 Å². The smallest absolute Gasteiger partial charge is 0.395 e. The summed E-state index contributed by atoms with van der Waals surface area (Å²) < 4.78 is 26.2. The highest BCUT2D eigenvalue weighted by atomic mass is 28.4. The van der Waals surface area contributed by atoms with E-state index in [1.807, 2.05) is 13.8 Å². The summed E-state index contributed by atoms with van der Waals surface area (Å²) in [6, 6.07) is 1.81. The zero-order valence-corrected chi connectivity index (χ0v) is 17.2. The SMILES string of the molecule is CCO[Si](C)(CC[Si](OC)(OC)N1CCN(C)CC1)OCC. The molecule has 0 aromatic rings. The van der Waals surface area contributed by atoms with Gasteiger partial charge in [0.25, 0.3) is 0 Å². The van der Waals surface area contributed by atoms with Gasteiger partial charge < -0.3 is 22.6 Å². The predicted molar refractivity (Wildman–Crippen MR) is 93.3 cm³/mol. The second kappa shape index (κ2) is 9.48. The maximum Gasteiger partial charge on any atom is 0.427 e. The molecule has 1 heterocycles. The summed E-state index contributed by atoms with van der Waals surface area (Å²) >= 11 is 0. The second-order valence-electron chi connectivity index (χ2n) is 5.91. The van der Waals surface area contributed by atoms with Gasteiger partial charge in [-0.25, -0.2) is 0 Å². The monoisotopic (exact) mass is 350 g/mol. The molecule has 6 nitrogen and oxygen atoms in total. The van der Waals surface area contributed by atoms with Crippen LogP contribution in [0.3, 0.4) is 0 Å². The molecule has 1 rings (SSSR count). The van der Waals surface area contributed by atoms with Crippen molar-refractivity contribution in [3.05, 3.63) is 0 Å². The molecule has 0 spiro atoms. The van der Waals surface area contributed by atoms with Crippen LogP contribution in [-0.4, -0.2) is 87.4 Å². The number of piperazine rings is 1. The molecule has 0 radical (unpaired) electrons. The number of likely N-dealkylation sites (N-methyl/N-ethyl adjacent to an activating group) is 1. The van der Waals surface area contributed by atoms with Crippen LogP contribution in [0.1, 0.15) is 13.8 Å². The third-order valence-electron chi connectivity index (χ3n) is 4.42. The average molecular weight is 351 g/mol. The van der Waals surface area contributed by atoms with Gasteiger partial charge >= 0.3 is 17.3 Å². The molecule has 1 aliphatic rings. The highest BCUT2D eigenvalue weighted by molar-refractivity contribution is 6.71. The van der Waals surface area contributed by atoms with Gasteiger partial charge in [0.1, 0.15) is 0 Å². The van der Waals surface area contributed by atoms with Gasteiger partial charge in [-0.15, -0.1) is 0 Å². The summed E-state index contributed by atoms with van der Waals surface area (Å²) in [6.07, 6.45) is 0. The third-order valence-corrected chi connectivity index (χ3v) is 11.4. The third kappa shape index (κ3) is 5.38. The Kier molecular flexibility index (Phi) is 8.72. The summed E-state index contributed by atoms with van der Waals surface area (Å²) in [5, 5.41) is 0. The van der Waals surface area contributed by atoms with Crippen LogP contribution in [0, 0.1) is 0 Å². The molecular formula is C14H34N2O4Si2. The molecule has 0 saturated carbocycles. The van der Waals surface area contributed by atoms with Crippen LogP contribution in [0.15, 0.2) is 0 Å². The van der Waals surface area contributed by atoms with Gasteiger partial charge in [-0.2, -0.15) is 0 Å². The Balaban J connectivity index is 2.73. The number of nitrogens with zero attached hydrogens (tertiary/aromatic N) is 2. The predicted octanol–water partition coefficient (Wildman–Crippen LogP) is 1.61. The van der Waals surface area contributed by atoms with E-state index < -0.39 is 17.3 Å². The van der Waals surface area contributed by atoms with Crippen molar-refractivity contribution < 1.29 is 17.7 Å². The van der Waals surface area contributed by atoms with E-state index in [0.717, 1.165) is 38.3 Å². The lowest BCUT2D eigenvalue weighted by molar-refractivity contribution is 0.121. The maximum absolute atomic E-state index is 5.96. The minimum absolute atomic E-state index is 0.700. The topological polar surface area (TPSA) is 43.4 Å². The summed E-state index contributed by atoms with van der Waals surface area (Å²) in [7, 11) is 1.24. The highest BCUT2D eigenvalue weighted by Crippen LogP contribution is 2.26. The fraction of sp³-hybridized carbons (Fsp3) is 1.00. The van der Waals surface area contributed by atoms with E-state index in [0.29, 0.717) is 13.2 Å². The van der Waals surface area contributed by atoms with Crippen molar-refractivity contribution in [1.29, 1.82) is 0 Å². The van der Waals surface area contributed by atoms with Gasteiger partial charge in [-0.3, -0.25) is 4.57 Å². The molecule has 22 heavy (non-hydrogen) atoms. The molecule has 1 saturated heterocycles. The number of rotatable bonds is 10. The van der Waals surface area contributed by atoms with Crippen LogP contribution in [0.2, 0.25) is 18.6 Å². The first-order chi connectivity index (χ1) is 10.4.